The van der Waals surface area contributed by atoms with Crippen molar-refractivity contribution in [2.45, 2.75) is 51.5 Å². The molecule has 1 atom stereocenters. The summed E-state index contributed by atoms with van der Waals surface area (Å²) in [5.74, 6) is 0. The normalized spacial score (nSPS) is 20.9. The first-order valence-electron chi connectivity index (χ1n) is 6.96. The lowest BCUT2D eigenvalue weighted by molar-refractivity contribution is 0.317. The molecular weight excluding hydrogens is 208 g/mol. The maximum absolute atomic E-state index is 4.60. The largest absolute Gasteiger partial charge is 0.299 e. The van der Waals surface area contributed by atoms with Crippen molar-refractivity contribution in [3.63, 3.8) is 0 Å². The second kappa shape index (κ2) is 6.15. The van der Waals surface area contributed by atoms with Gasteiger partial charge >= 0.3 is 0 Å². The zero-order valence-corrected chi connectivity index (χ0v) is 11.2. The lowest BCUT2D eigenvalue weighted by Crippen LogP contribution is -2.17. The molecule has 1 fully saturated rings. The highest BCUT2D eigenvalue weighted by molar-refractivity contribution is 5.19. The molecule has 17 heavy (non-hydrogen) atoms. The van der Waals surface area contributed by atoms with Crippen LogP contribution in [-0.4, -0.2) is 23.5 Å². The van der Waals surface area contributed by atoms with E-state index < -0.39 is 0 Å². The number of hydrogen-bond acceptors (Lipinski definition) is 2. The number of hydrogen-bond donors (Lipinski definition) is 0. The van der Waals surface area contributed by atoms with E-state index >= 15 is 0 Å². The van der Waals surface area contributed by atoms with Gasteiger partial charge in [0.2, 0.25) is 0 Å². The molecule has 1 saturated heterocycles. The zero-order chi connectivity index (χ0) is 12.1. The standard InChI is InChI=1S/C15H24N2/c1-3-4-5-7-14-10-9-13(12-16-14)15-8-6-11-17(15)2/h9-10,12,15H,3-8,11H2,1-2H3/t15-/m0/s1. The van der Waals surface area contributed by atoms with E-state index in [0.717, 1.165) is 6.42 Å². The van der Waals surface area contributed by atoms with Gasteiger partial charge in [-0.25, -0.2) is 0 Å². The lowest BCUT2D eigenvalue weighted by Gasteiger charge is -2.19. The van der Waals surface area contributed by atoms with Crippen LogP contribution in [0.5, 0.6) is 0 Å². The molecule has 0 amide bonds. The van der Waals surface area contributed by atoms with Gasteiger partial charge in [0, 0.05) is 17.9 Å². The minimum Gasteiger partial charge on any atom is -0.299 e. The molecule has 2 heterocycles. The van der Waals surface area contributed by atoms with E-state index in [9.17, 15) is 0 Å². The number of aromatic nitrogens is 1. The SMILES string of the molecule is CCCCCc1ccc([C@@H]2CCCN2C)cn1. The van der Waals surface area contributed by atoms with Crippen molar-refractivity contribution in [1.29, 1.82) is 0 Å². The van der Waals surface area contributed by atoms with Crippen molar-refractivity contribution < 1.29 is 0 Å². The smallest absolute Gasteiger partial charge is 0.0403 e. The van der Waals surface area contributed by atoms with Crippen LogP contribution >= 0.6 is 0 Å². The fourth-order valence-corrected chi connectivity index (χ4v) is 2.67. The monoisotopic (exact) mass is 232 g/mol. The molecule has 1 aliphatic heterocycles. The van der Waals surface area contributed by atoms with E-state index in [1.165, 1.54) is 49.9 Å². The van der Waals surface area contributed by atoms with Gasteiger partial charge in [0.05, 0.1) is 0 Å². The molecule has 0 N–H and O–H groups in total. The molecule has 94 valence electrons. The van der Waals surface area contributed by atoms with Gasteiger partial charge < -0.3 is 0 Å². The number of nitrogens with zero attached hydrogens (tertiary/aromatic N) is 2. The third kappa shape index (κ3) is 3.29. The predicted molar refractivity (Wildman–Crippen MR) is 72.1 cm³/mol. The van der Waals surface area contributed by atoms with Crippen LogP contribution in [0.15, 0.2) is 18.3 Å². The summed E-state index contributed by atoms with van der Waals surface area (Å²) in [6.45, 7) is 3.47. The Morgan fingerprint density at radius 1 is 1.35 bits per heavy atom. The summed E-state index contributed by atoms with van der Waals surface area (Å²) >= 11 is 0. The van der Waals surface area contributed by atoms with Crippen LogP contribution in [0.3, 0.4) is 0 Å². The molecule has 0 bridgehead atoms. The summed E-state index contributed by atoms with van der Waals surface area (Å²) in [4.78, 5) is 7.04. The molecule has 1 aromatic heterocycles. The third-order valence-corrected chi connectivity index (χ3v) is 3.79. The molecular formula is C15H24N2. The van der Waals surface area contributed by atoms with Crippen molar-refractivity contribution in [2.24, 2.45) is 0 Å². The summed E-state index contributed by atoms with van der Waals surface area (Å²) < 4.78 is 0. The Morgan fingerprint density at radius 2 is 2.24 bits per heavy atom. The Hall–Kier alpha value is -0.890. The predicted octanol–water partition coefficient (Wildman–Crippen LogP) is 3.58. The Labute approximate surface area is 105 Å². The molecule has 0 unspecified atom stereocenters. The van der Waals surface area contributed by atoms with Crippen LogP contribution in [0.4, 0.5) is 0 Å². The number of pyridine rings is 1. The molecule has 0 aliphatic carbocycles. The van der Waals surface area contributed by atoms with Crippen LogP contribution < -0.4 is 0 Å². The number of aryl methyl sites for hydroxylation is 1. The van der Waals surface area contributed by atoms with E-state index in [-0.39, 0.29) is 0 Å². The van der Waals surface area contributed by atoms with Gasteiger partial charge in [-0.1, -0.05) is 25.8 Å². The first-order chi connectivity index (χ1) is 8.31. The fraction of sp³-hybridized carbons (Fsp3) is 0.667. The van der Waals surface area contributed by atoms with Crippen LogP contribution in [0, 0.1) is 0 Å². The average molecular weight is 232 g/mol. The Morgan fingerprint density at radius 3 is 2.82 bits per heavy atom. The number of rotatable bonds is 5. The van der Waals surface area contributed by atoms with Gasteiger partial charge in [-0.05, 0) is 50.9 Å². The summed E-state index contributed by atoms with van der Waals surface area (Å²) in [5.41, 5.74) is 2.65. The van der Waals surface area contributed by atoms with Crippen LogP contribution in [0.25, 0.3) is 0 Å². The van der Waals surface area contributed by atoms with E-state index in [1.54, 1.807) is 0 Å². The van der Waals surface area contributed by atoms with Gasteiger partial charge in [0.25, 0.3) is 0 Å². The maximum atomic E-state index is 4.60. The maximum Gasteiger partial charge on any atom is 0.0403 e. The van der Waals surface area contributed by atoms with Crippen LogP contribution in [0.1, 0.15) is 56.3 Å². The summed E-state index contributed by atoms with van der Waals surface area (Å²) in [7, 11) is 2.22. The Kier molecular flexibility index (Phi) is 4.55. The third-order valence-electron chi connectivity index (χ3n) is 3.79. The topological polar surface area (TPSA) is 16.1 Å². The van der Waals surface area contributed by atoms with E-state index in [4.69, 9.17) is 0 Å². The van der Waals surface area contributed by atoms with Gasteiger partial charge in [-0.15, -0.1) is 0 Å². The number of likely N-dealkylation sites (tertiary alicyclic amines) is 1. The summed E-state index contributed by atoms with van der Waals surface area (Å²) in [5, 5.41) is 0. The Bertz CT molecular complexity index is 331. The van der Waals surface area contributed by atoms with Crippen LogP contribution in [0.2, 0.25) is 0 Å². The van der Waals surface area contributed by atoms with Crippen molar-refractivity contribution >= 4 is 0 Å². The molecule has 0 radical (unpaired) electrons. The minimum atomic E-state index is 0.604. The van der Waals surface area contributed by atoms with Crippen LogP contribution in [-0.2, 0) is 6.42 Å². The quantitative estimate of drug-likeness (QED) is 0.721. The molecule has 2 rings (SSSR count). The van der Waals surface area contributed by atoms with Gasteiger partial charge in [0.1, 0.15) is 0 Å². The Balaban J connectivity index is 1.93. The molecule has 0 spiro atoms. The molecule has 2 heteroatoms. The van der Waals surface area contributed by atoms with Crippen molar-refractivity contribution in [1.82, 2.24) is 9.88 Å². The molecule has 1 aromatic rings. The fourth-order valence-electron chi connectivity index (χ4n) is 2.67. The van der Waals surface area contributed by atoms with E-state index in [2.05, 4.69) is 42.2 Å². The zero-order valence-electron chi connectivity index (χ0n) is 11.2. The van der Waals surface area contributed by atoms with Crippen molar-refractivity contribution in [2.75, 3.05) is 13.6 Å². The molecule has 0 saturated carbocycles. The first kappa shape index (κ1) is 12.6. The molecule has 2 nitrogen and oxygen atoms in total. The average Bonchev–Trinajstić information content (AvgIpc) is 2.77. The number of unbranched alkanes of at least 4 members (excludes halogenated alkanes) is 2. The minimum absolute atomic E-state index is 0.604. The highest BCUT2D eigenvalue weighted by Crippen LogP contribution is 2.29. The van der Waals surface area contributed by atoms with Crippen molar-refractivity contribution in [3.05, 3.63) is 29.6 Å². The highest BCUT2D eigenvalue weighted by atomic mass is 15.1. The first-order valence-corrected chi connectivity index (χ1v) is 6.96. The highest BCUT2D eigenvalue weighted by Gasteiger charge is 2.22. The van der Waals surface area contributed by atoms with Crippen molar-refractivity contribution in [3.8, 4) is 0 Å². The van der Waals surface area contributed by atoms with E-state index in [1.807, 2.05) is 0 Å². The second-order valence-corrected chi connectivity index (χ2v) is 5.18. The van der Waals surface area contributed by atoms with Gasteiger partial charge in [-0.2, -0.15) is 0 Å². The second-order valence-electron chi connectivity index (χ2n) is 5.18. The lowest BCUT2D eigenvalue weighted by atomic mass is 10.1. The summed E-state index contributed by atoms with van der Waals surface area (Å²) in [6.07, 6.45) is 9.70. The van der Waals surface area contributed by atoms with Gasteiger partial charge in [-0.3, -0.25) is 9.88 Å². The molecule has 1 aliphatic rings. The van der Waals surface area contributed by atoms with Gasteiger partial charge in [0.15, 0.2) is 0 Å². The summed E-state index contributed by atoms with van der Waals surface area (Å²) in [6, 6.07) is 5.10. The van der Waals surface area contributed by atoms with E-state index in [0.29, 0.717) is 6.04 Å². The molecule has 0 aromatic carbocycles.